The van der Waals surface area contributed by atoms with Gasteiger partial charge in [-0.3, -0.25) is 14.2 Å². The minimum atomic E-state index is -0.748. The van der Waals surface area contributed by atoms with E-state index in [1.54, 1.807) is 18.3 Å². The van der Waals surface area contributed by atoms with Gasteiger partial charge in [-0.1, -0.05) is 41.5 Å². The van der Waals surface area contributed by atoms with Crippen molar-refractivity contribution in [1.82, 2.24) is 10.3 Å². The Morgan fingerprint density at radius 2 is 1.85 bits per heavy atom. The molecule has 2 aliphatic carbocycles. The van der Waals surface area contributed by atoms with Crippen LogP contribution >= 0.6 is 0 Å². The Kier molecular flexibility index (Phi) is 16.4. The number of rotatable bonds is 12. The van der Waals surface area contributed by atoms with Gasteiger partial charge in [0, 0.05) is 70.4 Å². The van der Waals surface area contributed by atoms with Gasteiger partial charge >= 0.3 is 0 Å². The third-order valence-electron chi connectivity index (χ3n) is 9.74. The molecule has 2 atom stereocenters. The van der Waals surface area contributed by atoms with Crippen LogP contribution in [0.3, 0.4) is 0 Å². The summed E-state index contributed by atoms with van der Waals surface area (Å²) in [7, 11) is 2.99. The Hall–Kier alpha value is -4.56. The van der Waals surface area contributed by atoms with Crippen LogP contribution in [0.5, 0.6) is 11.5 Å². The molecule has 294 valence electrons. The van der Waals surface area contributed by atoms with Gasteiger partial charge in [0.1, 0.15) is 28.8 Å². The minimum Gasteiger partial charge on any atom is -0.495 e. The molecule has 1 aliphatic heterocycles. The highest BCUT2D eigenvalue weighted by atomic mass is 19.1. The van der Waals surface area contributed by atoms with E-state index in [0.29, 0.717) is 59.0 Å². The van der Waals surface area contributed by atoms with E-state index in [9.17, 15) is 13.6 Å². The second-order valence-electron chi connectivity index (χ2n) is 13.9. The number of anilines is 1. The van der Waals surface area contributed by atoms with Gasteiger partial charge in [0.05, 0.1) is 32.1 Å². The standard InChI is InChI=1S/C35H39F3N4O3.C5H8.C2H6.CH5N/c1-18(2)23-11-25(28(38)13-27(23)37)32-33-24(19(3)16-45-33)12-29(42-32)26(35(17-36)7-8-35)15-41-34(43)20-9-21(14-40-22-5-6-22)31(39)30(10-20)44-4;1-3-5-4-2;2*1-2/h9-14,18-19,22,26H,5-8,15-17,39H2,1-4H3,(H,41,43);1H,4-5H2,2H3;1-2H3;2H2,1H3. The van der Waals surface area contributed by atoms with Gasteiger partial charge in [-0.25, -0.2) is 13.8 Å². The number of pyridine rings is 1. The molecule has 54 heavy (non-hydrogen) atoms. The van der Waals surface area contributed by atoms with Crippen LogP contribution in [-0.2, 0) is 0 Å². The summed E-state index contributed by atoms with van der Waals surface area (Å²) < 4.78 is 56.1. The van der Waals surface area contributed by atoms with Crippen molar-refractivity contribution < 1.29 is 27.4 Å². The number of nitrogen functional groups attached to an aromatic ring is 1. The number of methoxy groups -OCH3 is 1. The number of terminal acetylenes is 1. The molecule has 3 aliphatic rings. The monoisotopic (exact) mass is 749 g/mol. The molecule has 1 aromatic heterocycles. The highest BCUT2D eigenvalue weighted by Gasteiger charge is 2.51. The Balaban J connectivity index is 0.000000795. The molecule has 3 aromatic rings. The number of nitrogens with two attached hydrogens (primary N) is 2. The summed E-state index contributed by atoms with van der Waals surface area (Å²) in [5.41, 5.74) is 13.5. The van der Waals surface area contributed by atoms with Crippen molar-refractivity contribution in [3.63, 3.8) is 0 Å². The largest absolute Gasteiger partial charge is 0.495 e. The van der Waals surface area contributed by atoms with Crippen LogP contribution in [0.2, 0.25) is 0 Å². The van der Waals surface area contributed by atoms with E-state index in [2.05, 4.69) is 28.9 Å². The summed E-state index contributed by atoms with van der Waals surface area (Å²) in [6, 6.07) is 7.80. The number of benzene rings is 2. The topological polar surface area (TPSA) is 125 Å². The maximum atomic E-state index is 15.4. The molecule has 1 amide bonds. The molecule has 2 unspecified atom stereocenters. The van der Waals surface area contributed by atoms with Gasteiger partial charge in [0.2, 0.25) is 0 Å². The summed E-state index contributed by atoms with van der Waals surface area (Å²) in [4.78, 5) is 22.9. The Bertz CT molecular complexity index is 1800. The fraction of sp³-hybridized carbons (Fsp3) is 0.512. The summed E-state index contributed by atoms with van der Waals surface area (Å²) in [6.45, 7) is 11.6. The second-order valence-corrected chi connectivity index (χ2v) is 13.9. The van der Waals surface area contributed by atoms with E-state index >= 15 is 4.39 Å². The number of carbonyl (C=O) groups is 1. The van der Waals surface area contributed by atoms with Crippen molar-refractivity contribution in [3.05, 3.63) is 69.9 Å². The van der Waals surface area contributed by atoms with Gasteiger partial charge in [0.15, 0.2) is 0 Å². The predicted octanol–water partition coefficient (Wildman–Crippen LogP) is 9.10. The second kappa shape index (κ2) is 20.2. The fourth-order valence-corrected chi connectivity index (χ4v) is 6.22. The van der Waals surface area contributed by atoms with E-state index in [-0.39, 0.29) is 41.6 Å². The zero-order valence-corrected chi connectivity index (χ0v) is 33.1. The van der Waals surface area contributed by atoms with Crippen molar-refractivity contribution in [2.75, 3.05) is 39.7 Å². The smallest absolute Gasteiger partial charge is 0.251 e. The molecule has 2 fully saturated rings. The number of nitrogens with zero attached hydrogens (tertiary/aromatic N) is 2. The average Bonchev–Trinajstić information content (AvgIpc) is 4.12. The van der Waals surface area contributed by atoms with Crippen LogP contribution in [0, 0.1) is 29.4 Å². The minimum absolute atomic E-state index is 0.0117. The number of aliphatic imine (C=N–C) groups is 1. The van der Waals surface area contributed by atoms with Crippen LogP contribution in [0.25, 0.3) is 11.3 Å². The number of alkyl halides is 1. The third-order valence-corrected chi connectivity index (χ3v) is 9.74. The van der Waals surface area contributed by atoms with Crippen molar-refractivity contribution in [2.45, 2.75) is 104 Å². The Labute approximate surface area is 319 Å². The number of aromatic nitrogens is 1. The first-order valence-corrected chi connectivity index (χ1v) is 19.0. The van der Waals surface area contributed by atoms with Gasteiger partial charge in [0.25, 0.3) is 5.91 Å². The first-order chi connectivity index (χ1) is 26.0. The van der Waals surface area contributed by atoms with Crippen LogP contribution in [-0.4, -0.2) is 57.1 Å². The molecule has 0 radical (unpaired) electrons. The van der Waals surface area contributed by atoms with E-state index < -0.39 is 29.6 Å². The quantitative estimate of drug-likeness (QED) is 0.0964. The number of nitrogens with one attached hydrogen (secondary N) is 1. The molecule has 2 saturated carbocycles. The summed E-state index contributed by atoms with van der Waals surface area (Å²) in [5.74, 6) is 0.893. The normalized spacial score (nSPS) is 16.6. The molecule has 5 N–H and O–H groups in total. The number of halogens is 3. The van der Waals surface area contributed by atoms with Crippen molar-refractivity contribution in [2.24, 2.45) is 16.1 Å². The van der Waals surface area contributed by atoms with Crippen molar-refractivity contribution in [3.8, 4) is 35.1 Å². The van der Waals surface area contributed by atoms with E-state index in [4.69, 9.17) is 26.6 Å². The molecular formula is C43H58F3N5O3. The highest BCUT2D eigenvalue weighted by molar-refractivity contribution is 5.99. The molecule has 8 nitrogen and oxygen atoms in total. The molecule has 2 aromatic carbocycles. The lowest BCUT2D eigenvalue weighted by atomic mass is 9.84. The summed E-state index contributed by atoms with van der Waals surface area (Å²) in [5, 5.41) is 2.99. The number of carbonyl (C=O) groups excluding carboxylic acids is 1. The fourth-order valence-electron chi connectivity index (χ4n) is 6.22. The summed E-state index contributed by atoms with van der Waals surface area (Å²) in [6.07, 6.45) is 11.9. The lowest BCUT2D eigenvalue weighted by molar-refractivity contribution is 0.0944. The first-order valence-electron chi connectivity index (χ1n) is 19.0. The van der Waals surface area contributed by atoms with Gasteiger partial charge in [-0.2, -0.15) is 0 Å². The Morgan fingerprint density at radius 1 is 1.17 bits per heavy atom. The van der Waals surface area contributed by atoms with E-state index in [1.165, 1.54) is 20.2 Å². The zero-order chi connectivity index (χ0) is 40.2. The number of hydrogen-bond acceptors (Lipinski definition) is 7. The first kappa shape index (κ1) is 43.8. The number of ether oxygens (including phenoxy) is 2. The molecule has 0 saturated heterocycles. The Morgan fingerprint density at radius 3 is 2.39 bits per heavy atom. The molecular weight excluding hydrogens is 691 g/mol. The average molecular weight is 750 g/mol. The SMILES string of the molecule is C#CCCC.CC.CN.COc1cc(C(=O)NCC(c2cc3c(c(-c4cc(C(C)C)c(F)cc4F)n2)OCC3C)C2(CF)CC2)cc(C=NC2CC2)c1N. The van der Waals surface area contributed by atoms with Gasteiger partial charge < -0.3 is 26.3 Å². The van der Waals surface area contributed by atoms with Crippen LogP contribution in [0.15, 0.2) is 35.3 Å². The van der Waals surface area contributed by atoms with Gasteiger partial charge in [-0.05, 0) is 74.9 Å². The van der Waals surface area contributed by atoms with Crippen LogP contribution in [0.1, 0.15) is 131 Å². The molecule has 0 bridgehead atoms. The lowest BCUT2D eigenvalue weighted by Crippen LogP contribution is -2.33. The molecule has 2 heterocycles. The molecule has 6 rings (SSSR count). The summed E-state index contributed by atoms with van der Waals surface area (Å²) >= 11 is 0. The predicted molar refractivity (Wildman–Crippen MR) is 214 cm³/mol. The van der Waals surface area contributed by atoms with Crippen LogP contribution in [0.4, 0.5) is 18.9 Å². The maximum absolute atomic E-state index is 15.4. The van der Waals surface area contributed by atoms with Crippen molar-refractivity contribution in [1.29, 1.82) is 0 Å². The zero-order valence-electron chi connectivity index (χ0n) is 33.1. The number of amides is 1. The molecule has 11 heteroatoms. The number of unbranched alkanes of at least 4 members (excludes halogenated alkanes) is 1. The van der Waals surface area contributed by atoms with Crippen molar-refractivity contribution >= 4 is 17.8 Å². The van der Waals surface area contributed by atoms with E-state index in [0.717, 1.165) is 37.3 Å². The number of fused-ring (bicyclic) bond motifs is 1. The van der Waals surface area contributed by atoms with Gasteiger partial charge in [-0.15, -0.1) is 12.3 Å². The lowest BCUT2D eigenvalue weighted by Gasteiger charge is -2.26. The van der Waals surface area contributed by atoms with Crippen LogP contribution < -0.4 is 26.3 Å². The third kappa shape index (κ3) is 10.3. The number of hydrogen-bond donors (Lipinski definition) is 3. The highest BCUT2D eigenvalue weighted by Crippen LogP contribution is 2.57. The maximum Gasteiger partial charge on any atom is 0.251 e. The van der Waals surface area contributed by atoms with E-state index in [1.807, 2.05) is 40.7 Å². The molecule has 0 spiro atoms.